The van der Waals surface area contributed by atoms with Crippen molar-refractivity contribution in [1.29, 1.82) is 5.26 Å². The Bertz CT molecular complexity index is 355. The fourth-order valence-electron chi connectivity index (χ4n) is 1.31. The maximum Gasteiger partial charge on any atom is 0.129 e. The van der Waals surface area contributed by atoms with E-state index in [9.17, 15) is 4.39 Å². The number of nitrogens with one attached hydrogen (secondary N) is 1. The highest BCUT2D eigenvalue weighted by Gasteiger charge is 2.13. The van der Waals surface area contributed by atoms with Crippen molar-refractivity contribution in [3.8, 4) is 6.07 Å². The zero-order valence-electron chi connectivity index (χ0n) is 8.34. The molecule has 1 unspecified atom stereocenters. The lowest BCUT2D eigenvalue weighted by Gasteiger charge is -2.11. The van der Waals surface area contributed by atoms with E-state index in [0.29, 0.717) is 12.1 Å². The first-order valence-corrected chi connectivity index (χ1v) is 4.58. The van der Waals surface area contributed by atoms with Gasteiger partial charge in [0.25, 0.3) is 0 Å². The number of nitrogens with zero attached hydrogens (tertiary/aromatic N) is 1. The Balaban J connectivity index is 3.03. The summed E-state index contributed by atoms with van der Waals surface area (Å²) in [6, 6.07) is 6.27. The predicted octanol–water partition coefficient (Wildman–Crippen LogP) is 2.31. The average molecular weight is 192 g/mol. The molecular weight excluding hydrogens is 179 g/mol. The molecule has 1 rings (SSSR count). The van der Waals surface area contributed by atoms with E-state index >= 15 is 0 Å². The van der Waals surface area contributed by atoms with E-state index < -0.39 is 6.04 Å². The molecule has 2 nitrogen and oxygen atoms in total. The van der Waals surface area contributed by atoms with Gasteiger partial charge in [0.05, 0.1) is 6.07 Å². The van der Waals surface area contributed by atoms with Gasteiger partial charge in [0.1, 0.15) is 11.9 Å². The van der Waals surface area contributed by atoms with Gasteiger partial charge in [0.2, 0.25) is 0 Å². The summed E-state index contributed by atoms with van der Waals surface area (Å²) in [4.78, 5) is 0. The Kier molecular flexibility index (Phi) is 3.61. The second kappa shape index (κ2) is 4.73. The Labute approximate surface area is 83.4 Å². The van der Waals surface area contributed by atoms with Crippen molar-refractivity contribution in [3.05, 3.63) is 35.1 Å². The van der Waals surface area contributed by atoms with E-state index in [1.807, 2.05) is 19.9 Å². The maximum absolute atomic E-state index is 13.3. The fourth-order valence-corrected chi connectivity index (χ4v) is 1.31. The normalized spacial score (nSPS) is 12.1. The minimum atomic E-state index is -0.556. The number of hydrogen-bond donors (Lipinski definition) is 1. The molecule has 0 aliphatic carbocycles. The van der Waals surface area contributed by atoms with Crippen LogP contribution in [0.15, 0.2) is 18.2 Å². The fraction of sp³-hybridized carbons (Fsp3) is 0.364. The second-order valence-electron chi connectivity index (χ2n) is 3.14. The highest BCUT2D eigenvalue weighted by Crippen LogP contribution is 2.17. The van der Waals surface area contributed by atoms with Crippen molar-refractivity contribution in [2.75, 3.05) is 6.54 Å². The summed E-state index contributed by atoms with van der Waals surface area (Å²) < 4.78 is 13.3. The molecule has 0 spiro atoms. The van der Waals surface area contributed by atoms with Crippen LogP contribution in [0, 0.1) is 24.1 Å². The van der Waals surface area contributed by atoms with E-state index in [1.54, 1.807) is 12.1 Å². The molecule has 0 fully saturated rings. The zero-order chi connectivity index (χ0) is 10.6. The van der Waals surface area contributed by atoms with Gasteiger partial charge in [-0.3, -0.25) is 5.32 Å². The molecule has 0 aliphatic heterocycles. The third-order valence-corrected chi connectivity index (χ3v) is 2.00. The lowest BCUT2D eigenvalue weighted by Crippen LogP contribution is -2.20. The number of halogens is 1. The molecule has 1 aromatic rings. The summed E-state index contributed by atoms with van der Waals surface area (Å²) in [5.74, 6) is -0.330. The van der Waals surface area contributed by atoms with E-state index in [1.165, 1.54) is 6.07 Å². The Morgan fingerprint density at radius 2 is 2.29 bits per heavy atom. The third-order valence-electron chi connectivity index (χ3n) is 2.00. The topological polar surface area (TPSA) is 35.8 Å². The number of aryl methyl sites for hydroxylation is 1. The van der Waals surface area contributed by atoms with E-state index in [-0.39, 0.29) is 5.82 Å². The minimum Gasteiger partial charge on any atom is -0.298 e. The Hall–Kier alpha value is -1.40. The van der Waals surface area contributed by atoms with Crippen molar-refractivity contribution in [3.63, 3.8) is 0 Å². The van der Waals surface area contributed by atoms with Gasteiger partial charge in [-0.05, 0) is 19.5 Å². The summed E-state index contributed by atoms with van der Waals surface area (Å²) in [7, 11) is 0. The molecule has 1 N–H and O–H groups in total. The molecule has 0 saturated carbocycles. The van der Waals surface area contributed by atoms with Crippen LogP contribution in [0.25, 0.3) is 0 Å². The monoisotopic (exact) mass is 192 g/mol. The summed E-state index contributed by atoms with van der Waals surface area (Å²) in [5, 5.41) is 11.8. The first kappa shape index (κ1) is 10.7. The van der Waals surface area contributed by atoms with Crippen molar-refractivity contribution < 1.29 is 4.39 Å². The van der Waals surface area contributed by atoms with E-state index in [4.69, 9.17) is 5.26 Å². The van der Waals surface area contributed by atoms with Crippen molar-refractivity contribution >= 4 is 0 Å². The second-order valence-corrected chi connectivity index (χ2v) is 3.14. The summed E-state index contributed by atoms with van der Waals surface area (Å²) >= 11 is 0. The SMILES string of the molecule is CCNC(C#N)c1cc(C)ccc1F. The molecule has 0 bridgehead atoms. The predicted molar refractivity (Wildman–Crippen MR) is 53.2 cm³/mol. The molecule has 14 heavy (non-hydrogen) atoms. The highest BCUT2D eigenvalue weighted by molar-refractivity contribution is 5.30. The van der Waals surface area contributed by atoms with Crippen LogP contribution in [0.3, 0.4) is 0 Å². The van der Waals surface area contributed by atoms with Crippen LogP contribution in [0.4, 0.5) is 4.39 Å². The highest BCUT2D eigenvalue weighted by atomic mass is 19.1. The molecule has 3 heteroatoms. The van der Waals surface area contributed by atoms with Crippen LogP contribution in [0.1, 0.15) is 24.1 Å². The number of rotatable bonds is 3. The van der Waals surface area contributed by atoms with Crippen LogP contribution in [-0.4, -0.2) is 6.54 Å². The molecule has 74 valence electrons. The standard InChI is InChI=1S/C11H13FN2/c1-3-14-11(7-13)9-6-8(2)4-5-10(9)12/h4-6,11,14H,3H2,1-2H3. The van der Waals surface area contributed by atoms with Crippen LogP contribution < -0.4 is 5.32 Å². The van der Waals surface area contributed by atoms with Gasteiger partial charge in [-0.25, -0.2) is 4.39 Å². The summed E-state index contributed by atoms with van der Waals surface area (Å²) in [5.41, 5.74) is 1.38. The molecule has 0 aromatic heterocycles. The van der Waals surface area contributed by atoms with Gasteiger partial charge in [0.15, 0.2) is 0 Å². The molecule has 1 atom stereocenters. The number of nitriles is 1. The lowest BCUT2D eigenvalue weighted by molar-refractivity contribution is 0.571. The quantitative estimate of drug-likeness (QED) is 0.797. The Morgan fingerprint density at radius 3 is 2.86 bits per heavy atom. The molecule has 0 aliphatic rings. The van der Waals surface area contributed by atoms with Crippen LogP contribution in [0.5, 0.6) is 0 Å². The molecule has 0 saturated heterocycles. The van der Waals surface area contributed by atoms with Gasteiger partial charge in [-0.15, -0.1) is 0 Å². The smallest absolute Gasteiger partial charge is 0.129 e. The van der Waals surface area contributed by atoms with Gasteiger partial charge in [0, 0.05) is 5.56 Å². The van der Waals surface area contributed by atoms with Crippen molar-refractivity contribution in [1.82, 2.24) is 5.32 Å². The van der Waals surface area contributed by atoms with Crippen LogP contribution in [0.2, 0.25) is 0 Å². The lowest BCUT2D eigenvalue weighted by atomic mass is 10.0. The minimum absolute atomic E-state index is 0.330. The molecule has 0 heterocycles. The van der Waals surface area contributed by atoms with Gasteiger partial charge in [-0.1, -0.05) is 24.6 Å². The first-order chi connectivity index (χ1) is 6.69. The summed E-state index contributed by atoms with van der Waals surface area (Å²) in [6.45, 7) is 4.41. The molecule has 0 radical (unpaired) electrons. The first-order valence-electron chi connectivity index (χ1n) is 4.58. The maximum atomic E-state index is 13.3. The number of benzene rings is 1. The van der Waals surface area contributed by atoms with E-state index in [2.05, 4.69) is 5.32 Å². The van der Waals surface area contributed by atoms with Crippen molar-refractivity contribution in [2.45, 2.75) is 19.9 Å². The summed E-state index contributed by atoms with van der Waals surface area (Å²) in [6.07, 6.45) is 0. The van der Waals surface area contributed by atoms with Crippen LogP contribution >= 0.6 is 0 Å². The third kappa shape index (κ3) is 2.30. The molecule has 0 amide bonds. The zero-order valence-corrected chi connectivity index (χ0v) is 8.34. The molecule has 1 aromatic carbocycles. The van der Waals surface area contributed by atoms with Gasteiger partial charge >= 0.3 is 0 Å². The largest absolute Gasteiger partial charge is 0.298 e. The average Bonchev–Trinajstić information content (AvgIpc) is 2.18. The molecular formula is C11H13FN2. The number of hydrogen-bond acceptors (Lipinski definition) is 2. The van der Waals surface area contributed by atoms with Crippen LogP contribution in [-0.2, 0) is 0 Å². The van der Waals surface area contributed by atoms with Crippen molar-refractivity contribution in [2.24, 2.45) is 0 Å². The van der Waals surface area contributed by atoms with E-state index in [0.717, 1.165) is 5.56 Å². The Morgan fingerprint density at radius 1 is 1.57 bits per heavy atom. The van der Waals surface area contributed by atoms with Gasteiger partial charge < -0.3 is 0 Å². The van der Waals surface area contributed by atoms with Gasteiger partial charge in [-0.2, -0.15) is 5.26 Å².